The average molecular weight is 377 g/mol. The molecule has 2 heterocycles. The first-order valence-corrected chi connectivity index (χ1v) is 8.41. The second-order valence-electron chi connectivity index (χ2n) is 5.28. The molecule has 0 unspecified atom stereocenters. The number of benzene rings is 1. The van der Waals surface area contributed by atoms with Crippen molar-refractivity contribution in [2.45, 2.75) is 13.5 Å². The van der Waals surface area contributed by atoms with E-state index in [9.17, 15) is 14.4 Å². The first-order valence-electron chi connectivity index (χ1n) is 7.26. The molecule has 0 bridgehead atoms. The number of hydrogen-bond acceptors (Lipinski definition) is 5. The summed E-state index contributed by atoms with van der Waals surface area (Å²) in [5.74, 6) is -0.613. The van der Waals surface area contributed by atoms with Gasteiger partial charge < -0.3 is 10.3 Å². The molecule has 0 saturated heterocycles. The molecule has 0 radical (unpaired) electrons. The lowest BCUT2D eigenvalue weighted by atomic mass is 10.2. The second kappa shape index (κ2) is 7.04. The minimum atomic E-state index is -0.692. The molecule has 0 saturated carbocycles. The van der Waals surface area contributed by atoms with Gasteiger partial charge in [0.25, 0.3) is 11.5 Å². The molecule has 0 fully saturated rings. The number of nitrogens with zero attached hydrogens (tertiary/aromatic N) is 2. The lowest BCUT2D eigenvalue weighted by Gasteiger charge is -2.08. The van der Waals surface area contributed by atoms with E-state index >= 15 is 0 Å². The van der Waals surface area contributed by atoms with Crippen LogP contribution in [0.5, 0.6) is 0 Å². The molecule has 2 aromatic heterocycles. The Labute approximate surface area is 151 Å². The highest BCUT2D eigenvalue weighted by Crippen LogP contribution is 2.16. The monoisotopic (exact) mass is 376 g/mol. The number of aromatic amines is 1. The van der Waals surface area contributed by atoms with E-state index in [0.717, 1.165) is 28.0 Å². The zero-order valence-electron chi connectivity index (χ0n) is 13.1. The Kier molecular flexibility index (Phi) is 4.82. The first-order chi connectivity index (χ1) is 12.0. The van der Waals surface area contributed by atoms with Crippen LogP contribution in [0.3, 0.4) is 0 Å². The summed E-state index contributed by atoms with van der Waals surface area (Å²) in [6, 6.07) is 8.57. The number of carbonyl (C=O) groups excluding carboxylic acids is 1. The van der Waals surface area contributed by atoms with Gasteiger partial charge in [-0.15, -0.1) is 0 Å². The zero-order valence-corrected chi connectivity index (χ0v) is 14.6. The van der Waals surface area contributed by atoms with Crippen LogP contribution in [0, 0.1) is 6.92 Å². The number of carbonyl (C=O) groups is 1. The Hall–Kier alpha value is -2.71. The van der Waals surface area contributed by atoms with E-state index in [0.29, 0.717) is 15.6 Å². The highest BCUT2D eigenvalue weighted by Gasteiger charge is 2.16. The molecular weight excluding hydrogens is 364 g/mol. The average Bonchev–Trinajstić information content (AvgIpc) is 2.98. The van der Waals surface area contributed by atoms with Gasteiger partial charge in [0.1, 0.15) is 10.6 Å². The maximum atomic E-state index is 12.6. The highest BCUT2D eigenvalue weighted by atomic mass is 35.5. The van der Waals surface area contributed by atoms with Gasteiger partial charge in [0.2, 0.25) is 0 Å². The Bertz CT molecular complexity index is 1050. The molecule has 0 aliphatic rings. The van der Waals surface area contributed by atoms with Crippen LogP contribution in [-0.2, 0) is 6.54 Å². The van der Waals surface area contributed by atoms with E-state index in [-0.39, 0.29) is 12.1 Å². The van der Waals surface area contributed by atoms with Crippen LogP contribution in [0.2, 0.25) is 5.02 Å². The smallest absolute Gasteiger partial charge is 0.313 e. The van der Waals surface area contributed by atoms with Crippen molar-refractivity contribution in [3.63, 3.8) is 0 Å². The molecule has 1 amide bonds. The van der Waals surface area contributed by atoms with Crippen molar-refractivity contribution >= 4 is 34.0 Å². The number of hydrogen-bond donors (Lipinski definition) is 2. The maximum Gasteiger partial charge on any atom is 0.328 e. The number of anilines is 1. The molecule has 0 spiro atoms. The largest absolute Gasteiger partial charge is 0.328 e. The van der Waals surface area contributed by atoms with Gasteiger partial charge in [0, 0.05) is 11.2 Å². The van der Waals surface area contributed by atoms with Crippen molar-refractivity contribution < 1.29 is 4.79 Å². The SMILES string of the molecule is Cc1cc(NC(=O)c2c[nH]c(=O)n(Cc3ccccc3Cl)c2=O)sn1. The molecule has 9 heteroatoms. The number of rotatable bonds is 4. The molecule has 7 nitrogen and oxygen atoms in total. The van der Waals surface area contributed by atoms with Crippen molar-refractivity contribution in [1.82, 2.24) is 13.9 Å². The van der Waals surface area contributed by atoms with Crippen LogP contribution < -0.4 is 16.6 Å². The fraction of sp³-hybridized carbons (Fsp3) is 0.125. The summed E-state index contributed by atoms with van der Waals surface area (Å²) in [5, 5.41) is 3.55. The Morgan fingerprint density at radius 3 is 2.80 bits per heavy atom. The predicted molar refractivity (Wildman–Crippen MR) is 96.7 cm³/mol. The van der Waals surface area contributed by atoms with Gasteiger partial charge in [0.05, 0.1) is 12.2 Å². The molecule has 25 heavy (non-hydrogen) atoms. The minimum Gasteiger partial charge on any atom is -0.313 e. The quantitative estimate of drug-likeness (QED) is 0.729. The third-order valence-corrected chi connectivity index (χ3v) is 4.62. The van der Waals surface area contributed by atoms with Crippen LogP contribution in [0.1, 0.15) is 21.6 Å². The summed E-state index contributed by atoms with van der Waals surface area (Å²) in [7, 11) is 0. The van der Waals surface area contributed by atoms with Crippen molar-refractivity contribution in [3.8, 4) is 0 Å². The van der Waals surface area contributed by atoms with Crippen LogP contribution in [0.25, 0.3) is 0 Å². The van der Waals surface area contributed by atoms with Crippen molar-refractivity contribution in [2.75, 3.05) is 5.32 Å². The summed E-state index contributed by atoms with van der Waals surface area (Å²) in [6.45, 7) is 1.76. The van der Waals surface area contributed by atoms with Crippen molar-refractivity contribution in [2.24, 2.45) is 0 Å². The van der Waals surface area contributed by atoms with Gasteiger partial charge in [-0.05, 0) is 36.2 Å². The zero-order chi connectivity index (χ0) is 18.0. The number of amides is 1. The molecular formula is C16H13ClN4O3S. The molecule has 3 aromatic rings. The molecule has 0 atom stereocenters. The van der Waals surface area contributed by atoms with Gasteiger partial charge in [-0.1, -0.05) is 29.8 Å². The third-order valence-electron chi connectivity index (χ3n) is 3.46. The molecule has 0 aliphatic carbocycles. The molecule has 2 N–H and O–H groups in total. The molecule has 0 aliphatic heterocycles. The van der Waals surface area contributed by atoms with Gasteiger partial charge >= 0.3 is 5.69 Å². The van der Waals surface area contributed by atoms with E-state index in [4.69, 9.17) is 11.6 Å². The number of H-pyrrole nitrogens is 1. The predicted octanol–water partition coefficient (Wildman–Crippen LogP) is 2.26. The molecule has 128 valence electrons. The topological polar surface area (TPSA) is 96.9 Å². The lowest BCUT2D eigenvalue weighted by Crippen LogP contribution is -2.39. The third kappa shape index (κ3) is 3.70. The first kappa shape index (κ1) is 17.1. The summed E-state index contributed by atoms with van der Waals surface area (Å²) in [6.07, 6.45) is 1.11. The summed E-state index contributed by atoms with van der Waals surface area (Å²) in [4.78, 5) is 39.3. The highest BCUT2D eigenvalue weighted by molar-refractivity contribution is 7.10. The van der Waals surface area contributed by atoms with E-state index < -0.39 is 17.2 Å². The minimum absolute atomic E-state index is 0.0331. The fourth-order valence-corrected chi connectivity index (χ4v) is 3.07. The summed E-state index contributed by atoms with van der Waals surface area (Å²) in [5.41, 5.74) is -0.111. The van der Waals surface area contributed by atoms with Crippen molar-refractivity contribution in [3.05, 3.63) is 79.2 Å². The van der Waals surface area contributed by atoms with E-state index in [1.54, 1.807) is 37.3 Å². The molecule has 1 aromatic carbocycles. The van der Waals surface area contributed by atoms with Crippen LogP contribution in [-0.4, -0.2) is 19.8 Å². The van der Waals surface area contributed by atoms with Gasteiger partial charge in [-0.25, -0.2) is 4.79 Å². The Morgan fingerprint density at radius 2 is 2.12 bits per heavy atom. The fourth-order valence-electron chi connectivity index (χ4n) is 2.22. The van der Waals surface area contributed by atoms with Crippen LogP contribution >= 0.6 is 23.1 Å². The molecule has 3 rings (SSSR count). The Balaban J connectivity index is 1.94. The Morgan fingerprint density at radius 1 is 1.36 bits per heavy atom. The van der Waals surface area contributed by atoms with Gasteiger partial charge in [-0.2, -0.15) is 4.37 Å². The van der Waals surface area contributed by atoms with Crippen LogP contribution in [0.15, 0.2) is 46.1 Å². The maximum absolute atomic E-state index is 12.6. The van der Waals surface area contributed by atoms with Gasteiger partial charge in [-0.3, -0.25) is 14.2 Å². The summed E-state index contributed by atoms with van der Waals surface area (Å²) >= 11 is 7.19. The van der Waals surface area contributed by atoms with Crippen LogP contribution in [0.4, 0.5) is 5.00 Å². The van der Waals surface area contributed by atoms with Crippen molar-refractivity contribution in [1.29, 1.82) is 0 Å². The number of aromatic nitrogens is 3. The van der Waals surface area contributed by atoms with E-state index in [1.165, 1.54) is 0 Å². The lowest BCUT2D eigenvalue weighted by molar-refractivity contribution is 0.102. The number of aryl methyl sites for hydroxylation is 1. The number of nitrogens with one attached hydrogen (secondary N) is 2. The standard InChI is InChI=1S/C16H13ClN4O3S/c1-9-6-13(25-20-9)19-14(22)11-7-18-16(24)21(15(11)23)8-10-4-2-3-5-12(10)17/h2-7H,8H2,1H3,(H,18,24)(H,19,22). The van der Waals surface area contributed by atoms with E-state index in [2.05, 4.69) is 14.7 Å². The second-order valence-corrected chi connectivity index (χ2v) is 6.49. The summed E-state index contributed by atoms with van der Waals surface area (Å²) < 4.78 is 4.99. The normalized spacial score (nSPS) is 10.6. The van der Waals surface area contributed by atoms with Gasteiger partial charge in [0.15, 0.2) is 0 Å². The van der Waals surface area contributed by atoms with E-state index in [1.807, 2.05) is 0 Å². The number of halogens is 1.